The molecular weight excluding hydrogens is 446 g/mol. The lowest BCUT2D eigenvalue weighted by Crippen LogP contribution is -2.30. The zero-order valence-electron chi connectivity index (χ0n) is 18.2. The Balaban J connectivity index is 1.64. The maximum atomic E-state index is 12.8. The molecule has 2 N–H and O–H groups in total. The van der Waals surface area contributed by atoms with Crippen LogP contribution < -0.4 is 14.8 Å². The monoisotopic (exact) mass is 469 g/mol. The Hall–Kier alpha value is -3.92. The van der Waals surface area contributed by atoms with Gasteiger partial charge in [0.2, 0.25) is 0 Å². The van der Waals surface area contributed by atoms with E-state index in [0.29, 0.717) is 17.1 Å². The van der Waals surface area contributed by atoms with E-state index in [1.165, 1.54) is 55.5 Å². The van der Waals surface area contributed by atoms with Crippen LogP contribution in [0.3, 0.4) is 0 Å². The van der Waals surface area contributed by atoms with Crippen LogP contribution in [0.1, 0.15) is 18.1 Å². The first-order valence-corrected chi connectivity index (χ1v) is 11.5. The summed E-state index contributed by atoms with van der Waals surface area (Å²) in [5.74, 6) is -0.153. The molecule has 1 amide bonds. The number of aryl methyl sites for hydroxylation is 2. The minimum absolute atomic E-state index is 0.0540. The first kappa shape index (κ1) is 23.7. The van der Waals surface area contributed by atoms with Crippen molar-refractivity contribution in [3.8, 4) is 5.75 Å². The number of nitrogens with zero attached hydrogens (tertiary/aromatic N) is 1. The molecule has 0 aliphatic rings. The third kappa shape index (κ3) is 5.86. The van der Waals surface area contributed by atoms with E-state index in [4.69, 9.17) is 4.74 Å². The molecule has 0 unspecified atom stereocenters. The summed E-state index contributed by atoms with van der Waals surface area (Å²) in [6.45, 7) is 5.18. The number of hydrogen-bond acceptors (Lipinski definition) is 6. The van der Waals surface area contributed by atoms with Gasteiger partial charge in [-0.1, -0.05) is 18.2 Å². The molecular formula is C23H23N3O6S. The number of nitro groups is 1. The van der Waals surface area contributed by atoms with E-state index < -0.39 is 27.0 Å². The average molecular weight is 470 g/mol. The molecule has 10 heteroatoms. The number of sulfonamides is 1. The zero-order chi connectivity index (χ0) is 24.2. The molecule has 0 bridgehead atoms. The van der Waals surface area contributed by atoms with Crippen molar-refractivity contribution in [3.05, 3.63) is 88.0 Å². The summed E-state index contributed by atoms with van der Waals surface area (Å²) >= 11 is 0. The first-order valence-electron chi connectivity index (χ1n) is 9.98. The number of carbonyl (C=O) groups excluding carboxylic acids is 1. The Kier molecular flexibility index (Phi) is 6.98. The minimum atomic E-state index is -3.81. The number of non-ortho nitro benzene ring substituents is 1. The molecule has 172 valence electrons. The number of benzene rings is 3. The molecule has 33 heavy (non-hydrogen) atoms. The molecule has 0 saturated carbocycles. The van der Waals surface area contributed by atoms with Crippen molar-refractivity contribution in [3.63, 3.8) is 0 Å². The SMILES string of the molecule is Cc1cccc(C)c1NS(=O)(=O)c1ccc(NC(=O)[C@H](C)Oc2ccc([N+](=O)[O-])cc2)cc1. The third-order valence-electron chi connectivity index (χ3n) is 4.88. The standard InChI is InChI=1S/C23H23N3O6S/c1-15-5-4-6-16(2)22(15)25-33(30,31)21-13-7-18(8-14-21)24-23(27)17(3)32-20-11-9-19(10-12-20)26(28)29/h4-14,17,25H,1-3H3,(H,24,27)/t17-/m0/s1. The number of para-hydroxylation sites is 1. The van der Waals surface area contributed by atoms with Gasteiger partial charge in [-0.05, 0) is 68.3 Å². The van der Waals surface area contributed by atoms with E-state index in [1.54, 1.807) is 0 Å². The predicted molar refractivity (Wildman–Crippen MR) is 125 cm³/mol. The highest BCUT2D eigenvalue weighted by Gasteiger charge is 2.18. The van der Waals surface area contributed by atoms with Crippen molar-refractivity contribution in [1.82, 2.24) is 0 Å². The van der Waals surface area contributed by atoms with Crippen molar-refractivity contribution in [1.29, 1.82) is 0 Å². The molecule has 0 aliphatic carbocycles. The van der Waals surface area contributed by atoms with E-state index in [1.807, 2.05) is 32.0 Å². The molecule has 0 aromatic heterocycles. The highest BCUT2D eigenvalue weighted by atomic mass is 32.2. The van der Waals surface area contributed by atoms with Gasteiger partial charge in [-0.2, -0.15) is 0 Å². The molecule has 3 aromatic carbocycles. The molecule has 0 fully saturated rings. The highest BCUT2D eigenvalue weighted by Crippen LogP contribution is 2.24. The second-order valence-corrected chi connectivity index (χ2v) is 9.08. The molecule has 0 spiro atoms. The fourth-order valence-electron chi connectivity index (χ4n) is 3.03. The van der Waals surface area contributed by atoms with Crippen LogP contribution in [0.2, 0.25) is 0 Å². The number of carbonyl (C=O) groups is 1. The summed E-state index contributed by atoms with van der Waals surface area (Å²) in [6.07, 6.45) is -0.888. The van der Waals surface area contributed by atoms with E-state index in [-0.39, 0.29) is 10.6 Å². The van der Waals surface area contributed by atoms with Gasteiger partial charge in [-0.25, -0.2) is 8.42 Å². The van der Waals surface area contributed by atoms with Crippen molar-refractivity contribution in [2.24, 2.45) is 0 Å². The first-order chi connectivity index (χ1) is 15.6. The van der Waals surface area contributed by atoms with Gasteiger partial charge in [-0.3, -0.25) is 19.6 Å². The molecule has 0 aliphatic heterocycles. The number of anilines is 2. The Labute approximate surface area is 191 Å². The average Bonchev–Trinajstić information content (AvgIpc) is 2.77. The van der Waals surface area contributed by atoms with Crippen molar-refractivity contribution in [2.45, 2.75) is 31.8 Å². The number of nitro benzene ring substituents is 1. The lowest BCUT2D eigenvalue weighted by atomic mass is 10.1. The molecule has 3 aromatic rings. The maximum absolute atomic E-state index is 12.8. The fraction of sp³-hybridized carbons (Fsp3) is 0.174. The second-order valence-electron chi connectivity index (χ2n) is 7.40. The Morgan fingerprint density at radius 3 is 2.09 bits per heavy atom. The van der Waals surface area contributed by atoms with Gasteiger partial charge in [-0.15, -0.1) is 0 Å². The van der Waals surface area contributed by atoms with Crippen LogP contribution in [-0.2, 0) is 14.8 Å². The molecule has 0 heterocycles. The third-order valence-corrected chi connectivity index (χ3v) is 6.24. The van der Waals surface area contributed by atoms with Gasteiger partial charge >= 0.3 is 0 Å². The highest BCUT2D eigenvalue weighted by molar-refractivity contribution is 7.92. The number of hydrogen-bond donors (Lipinski definition) is 2. The van der Waals surface area contributed by atoms with Crippen molar-refractivity contribution in [2.75, 3.05) is 10.0 Å². The van der Waals surface area contributed by atoms with Gasteiger partial charge in [0.15, 0.2) is 6.10 Å². The Morgan fingerprint density at radius 1 is 0.970 bits per heavy atom. The quantitative estimate of drug-likeness (QED) is 0.371. The van der Waals surface area contributed by atoms with Crippen LogP contribution in [-0.4, -0.2) is 25.4 Å². The van der Waals surface area contributed by atoms with E-state index in [2.05, 4.69) is 10.0 Å². The molecule has 1 atom stereocenters. The largest absolute Gasteiger partial charge is 0.481 e. The Bertz CT molecular complexity index is 1250. The summed E-state index contributed by atoms with van der Waals surface area (Å²) in [5.41, 5.74) is 2.47. The normalized spacial score (nSPS) is 12.0. The number of rotatable bonds is 8. The van der Waals surface area contributed by atoms with Crippen LogP contribution in [0.4, 0.5) is 17.1 Å². The van der Waals surface area contributed by atoms with E-state index in [9.17, 15) is 23.3 Å². The summed E-state index contributed by atoms with van der Waals surface area (Å²) in [6, 6.07) is 16.6. The number of amides is 1. The maximum Gasteiger partial charge on any atom is 0.269 e. The molecule has 0 radical (unpaired) electrons. The predicted octanol–water partition coefficient (Wildman–Crippen LogP) is 4.42. The van der Waals surface area contributed by atoms with Crippen LogP contribution in [0.15, 0.2) is 71.6 Å². The molecule has 0 saturated heterocycles. The van der Waals surface area contributed by atoms with Crippen LogP contribution in [0, 0.1) is 24.0 Å². The fourth-order valence-corrected chi connectivity index (χ4v) is 4.24. The number of nitrogens with one attached hydrogen (secondary N) is 2. The van der Waals surface area contributed by atoms with Gasteiger partial charge in [0.1, 0.15) is 5.75 Å². The lowest BCUT2D eigenvalue weighted by Gasteiger charge is -2.15. The summed E-state index contributed by atoms with van der Waals surface area (Å²) in [7, 11) is -3.81. The van der Waals surface area contributed by atoms with Gasteiger partial charge < -0.3 is 10.1 Å². The second kappa shape index (κ2) is 9.70. The van der Waals surface area contributed by atoms with Crippen molar-refractivity contribution >= 4 is 33.0 Å². The van der Waals surface area contributed by atoms with Crippen molar-refractivity contribution < 1.29 is 22.9 Å². The van der Waals surface area contributed by atoms with Crippen LogP contribution in [0.5, 0.6) is 5.75 Å². The Morgan fingerprint density at radius 2 is 1.55 bits per heavy atom. The van der Waals surface area contributed by atoms with Gasteiger partial charge in [0, 0.05) is 17.8 Å². The molecule has 3 rings (SSSR count). The summed E-state index contributed by atoms with van der Waals surface area (Å²) in [5, 5.41) is 13.4. The van der Waals surface area contributed by atoms with E-state index >= 15 is 0 Å². The zero-order valence-corrected chi connectivity index (χ0v) is 19.0. The lowest BCUT2D eigenvalue weighted by molar-refractivity contribution is -0.384. The summed E-state index contributed by atoms with van der Waals surface area (Å²) in [4.78, 5) is 22.7. The topological polar surface area (TPSA) is 128 Å². The van der Waals surface area contributed by atoms with E-state index in [0.717, 1.165) is 11.1 Å². The molecule has 9 nitrogen and oxygen atoms in total. The number of ether oxygens (including phenoxy) is 1. The van der Waals surface area contributed by atoms with Crippen LogP contribution in [0.25, 0.3) is 0 Å². The smallest absolute Gasteiger partial charge is 0.269 e. The van der Waals surface area contributed by atoms with Gasteiger partial charge in [0.05, 0.1) is 15.5 Å². The summed E-state index contributed by atoms with van der Waals surface area (Å²) < 4.78 is 33.6. The van der Waals surface area contributed by atoms with Gasteiger partial charge in [0.25, 0.3) is 21.6 Å². The van der Waals surface area contributed by atoms with Crippen LogP contribution >= 0.6 is 0 Å². The minimum Gasteiger partial charge on any atom is -0.481 e.